The van der Waals surface area contributed by atoms with Crippen LogP contribution in [0.4, 0.5) is 5.69 Å². The van der Waals surface area contributed by atoms with Crippen molar-refractivity contribution < 1.29 is 9.53 Å². The van der Waals surface area contributed by atoms with Gasteiger partial charge in [-0.3, -0.25) is 4.79 Å². The molecule has 0 aliphatic heterocycles. The third kappa shape index (κ3) is 6.03. The maximum Gasteiger partial charge on any atom is 0.259 e. The fourth-order valence-electron chi connectivity index (χ4n) is 1.78. The molecule has 0 fully saturated rings. The van der Waals surface area contributed by atoms with Gasteiger partial charge in [-0.25, -0.2) is 5.43 Å². The van der Waals surface area contributed by atoms with E-state index in [9.17, 15) is 4.79 Å². The number of halogens is 1. The van der Waals surface area contributed by atoms with E-state index in [-0.39, 0.29) is 19.1 Å². The van der Waals surface area contributed by atoms with Crippen molar-refractivity contribution in [3.63, 3.8) is 0 Å². The molecule has 0 aromatic heterocycles. The van der Waals surface area contributed by atoms with E-state index in [0.29, 0.717) is 10.8 Å². The second-order valence-corrected chi connectivity index (χ2v) is 5.16. The van der Waals surface area contributed by atoms with Gasteiger partial charge in [-0.2, -0.15) is 5.10 Å². The topological polar surface area (TPSA) is 62.7 Å². The Balaban J connectivity index is 1.79. The van der Waals surface area contributed by atoms with Gasteiger partial charge in [0, 0.05) is 10.7 Å². The van der Waals surface area contributed by atoms with Gasteiger partial charge in [-0.1, -0.05) is 29.7 Å². The van der Waals surface area contributed by atoms with Crippen molar-refractivity contribution in [1.29, 1.82) is 0 Å². The van der Waals surface area contributed by atoms with Crippen molar-refractivity contribution in [3.05, 3.63) is 59.1 Å². The number of hydrazone groups is 1. The zero-order valence-electron chi connectivity index (χ0n) is 12.8. The van der Waals surface area contributed by atoms with E-state index in [1.165, 1.54) is 6.21 Å². The van der Waals surface area contributed by atoms with Crippen LogP contribution in [0.25, 0.3) is 0 Å². The van der Waals surface area contributed by atoms with E-state index in [2.05, 4.69) is 21.8 Å². The molecule has 2 rings (SSSR count). The molecule has 24 heavy (non-hydrogen) atoms. The molecule has 0 bridgehead atoms. The first-order chi connectivity index (χ1) is 11.7. The average molecular weight is 342 g/mol. The number of carbonyl (C=O) groups is 1. The molecule has 5 nitrogen and oxygen atoms in total. The maximum atomic E-state index is 11.7. The second-order valence-electron chi connectivity index (χ2n) is 4.72. The maximum absolute atomic E-state index is 11.7. The lowest BCUT2D eigenvalue weighted by Crippen LogP contribution is -2.25. The van der Waals surface area contributed by atoms with Crippen molar-refractivity contribution in [3.8, 4) is 18.1 Å². The second kappa shape index (κ2) is 9.23. The number of nitrogens with zero attached hydrogens (tertiary/aromatic N) is 1. The minimum absolute atomic E-state index is 0.101. The molecule has 122 valence electrons. The third-order valence-corrected chi connectivity index (χ3v) is 3.13. The number of amides is 1. The molecule has 0 aliphatic rings. The van der Waals surface area contributed by atoms with E-state index in [1.807, 2.05) is 12.1 Å². The number of carbonyl (C=O) groups excluding carboxylic acids is 1. The number of hydrogen-bond acceptors (Lipinski definition) is 4. The molecule has 0 atom stereocenters. The van der Waals surface area contributed by atoms with Crippen LogP contribution in [0.2, 0.25) is 5.02 Å². The van der Waals surface area contributed by atoms with Crippen LogP contribution >= 0.6 is 11.6 Å². The molecular weight excluding hydrogens is 326 g/mol. The van der Waals surface area contributed by atoms with Crippen molar-refractivity contribution in [2.24, 2.45) is 5.10 Å². The van der Waals surface area contributed by atoms with E-state index in [1.54, 1.807) is 36.4 Å². The van der Waals surface area contributed by atoms with E-state index >= 15 is 0 Å². The SMILES string of the molecule is C#CCOc1cccc(/C=N\NC(=O)CNc2ccc(Cl)cc2)c1. The fourth-order valence-corrected chi connectivity index (χ4v) is 1.90. The summed E-state index contributed by atoms with van der Waals surface area (Å²) in [6.45, 7) is 0.304. The summed E-state index contributed by atoms with van der Waals surface area (Å²) in [4.78, 5) is 11.7. The van der Waals surface area contributed by atoms with Crippen molar-refractivity contribution in [2.45, 2.75) is 0 Å². The summed E-state index contributed by atoms with van der Waals surface area (Å²) in [5, 5.41) is 7.52. The molecule has 2 N–H and O–H groups in total. The Morgan fingerprint density at radius 2 is 2.08 bits per heavy atom. The zero-order valence-corrected chi connectivity index (χ0v) is 13.6. The molecule has 6 heteroatoms. The summed E-state index contributed by atoms with van der Waals surface area (Å²) in [5.74, 6) is 2.78. The molecule has 0 aliphatic carbocycles. The number of nitrogens with one attached hydrogen (secondary N) is 2. The van der Waals surface area contributed by atoms with Gasteiger partial charge < -0.3 is 10.1 Å². The van der Waals surface area contributed by atoms with E-state index in [4.69, 9.17) is 22.8 Å². The average Bonchev–Trinajstić information content (AvgIpc) is 2.60. The van der Waals surface area contributed by atoms with Crippen molar-refractivity contribution in [1.82, 2.24) is 5.43 Å². The summed E-state index contributed by atoms with van der Waals surface area (Å²) in [7, 11) is 0. The lowest BCUT2D eigenvalue weighted by atomic mass is 10.2. The highest BCUT2D eigenvalue weighted by molar-refractivity contribution is 6.30. The van der Waals surface area contributed by atoms with Gasteiger partial charge >= 0.3 is 0 Å². The molecule has 0 spiro atoms. The van der Waals surface area contributed by atoms with Gasteiger partial charge in [0.2, 0.25) is 0 Å². The van der Waals surface area contributed by atoms with Crippen LogP contribution in [0, 0.1) is 12.3 Å². The smallest absolute Gasteiger partial charge is 0.259 e. The van der Waals surface area contributed by atoms with Gasteiger partial charge in [0.25, 0.3) is 5.91 Å². The lowest BCUT2D eigenvalue weighted by molar-refractivity contribution is -0.119. The Hall–Kier alpha value is -2.97. The molecule has 2 aromatic rings. The normalized spacial score (nSPS) is 10.2. The highest BCUT2D eigenvalue weighted by Crippen LogP contribution is 2.13. The largest absolute Gasteiger partial charge is 0.481 e. The van der Waals surface area contributed by atoms with Crippen LogP contribution in [0.1, 0.15) is 5.56 Å². The zero-order chi connectivity index (χ0) is 17.2. The van der Waals surface area contributed by atoms with Gasteiger partial charge in [0.15, 0.2) is 0 Å². The molecule has 1 amide bonds. The first kappa shape index (κ1) is 17.4. The van der Waals surface area contributed by atoms with Crippen LogP contribution in [0.3, 0.4) is 0 Å². The van der Waals surface area contributed by atoms with E-state index in [0.717, 1.165) is 11.3 Å². The lowest BCUT2D eigenvalue weighted by Gasteiger charge is -2.05. The minimum Gasteiger partial charge on any atom is -0.481 e. The third-order valence-electron chi connectivity index (χ3n) is 2.88. The number of rotatable bonds is 7. The van der Waals surface area contributed by atoms with Gasteiger partial charge in [-0.15, -0.1) is 6.42 Å². The van der Waals surface area contributed by atoms with Crippen LogP contribution < -0.4 is 15.5 Å². The van der Waals surface area contributed by atoms with Crippen LogP contribution in [0.15, 0.2) is 53.6 Å². The fraction of sp³-hybridized carbons (Fsp3) is 0.111. The van der Waals surface area contributed by atoms with Crippen LogP contribution in [-0.2, 0) is 4.79 Å². The van der Waals surface area contributed by atoms with Crippen molar-refractivity contribution >= 4 is 29.4 Å². The number of hydrogen-bond donors (Lipinski definition) is 2. The molecule has 0 saturated heterocycles. The number of anilines is 1. The molecule has 0 saturated carbocycles. The Labute approximate surface area is 145 Å². The minimum atomic E-state index is -0.263. The monoisotopic (exact) mass is 341 g/mol. The Kier molecular flexibility index (Phi) is 6.69. The summed E-state index contributed by atoms with van der Waals surface area (Å²) < 4.78 is 5.31. The summed E-state index contributed by atoms with van der Waals surface area (Å²) in [6, 6.07) is 14.3. The number of terminal acetylenes is 1. The predicted octanol–water partition coefficient (Wildman–Crippen LogP) is 2.91. The van der Waals surface area contributed by atoms with Gasteiger partial charge in [0.1, 0.15) is 12.4 Å². The molecular formula is C18H16ClN3O2. The first-order valence-electron chi connectivity index (χ1n) is 7.15. The van der Waals surface area contributed by atoms with Gasteiger partial charge in [-0.05, 0) is 42.0 Å². The highest BCUT2D eigenvalue weighted by Gasteiger charge is 1.99. The summed E-state index contributed by atoms with van der Waals surface area (Å²) >= 11 is 5.80. The summed E-state index contributed by atoms with van der Waals surface area (Å²) in [6.07, 6.45) is 6.68. The summed E-state index contributed by atoms with van der Waals surface area (Å²) in [5.41, 5.74) is 4.03. The van der Waals surface area contributed by atoms with E-state index < -0.39 is 0 Å². The molecule has 2 aromatic carbocycles. The standard InChI is InChI=1S/C18H16ClN3O2/c1-2-10-24-17-5-3-4-14(11-17)12-21-22-18(23)13-20-16-8-6-15(19)7-9-16/h1,3-9,11-12,20H,10,13H2,(H,22,23)/b21-12-. The number of ether oxygens (including phenoxy) is 1. The van der Waals surface area contributed by atoms with Crippen LogP contribution in [0.5, 0.6) is 5.75 Å². The van der Waals surface area contributed by atoms with Crippen molar-refractivity contribution in [2.75, 3.05) is 18.5 Å². The Bertz CT molecular complexity index is 752. The quantitative estimate of drug-likeness (QED) is 0.462. The molecule has 0 heterocycles. The first-order valence-corrected chi connectivity index (χ1v) is 7.53. The highest BCUT2D eigenvalue weighted by atomic mass is 35.5. The van der Waals surface area contributed by atoms with Gasteiger partial charge in [0.05, 0.1) is 12.8 Å². The Morgan fingerprint density at radius 1 is 1.29 bits per heavy atom. The number of benzene rings is 2. The Morgan fingerprint density at radius 3 is 2.83 bits per heavy atom. The molecule has 0 radical (unpaired) electrons. The van der Waals surface area contributed by atoms with Crippen LogP contribution in [-0.4, -0.2) is 25.3 Å². The molecule has 0 unspecified atom stereocenters. The predicted molar refractivity (Wildman–Crippen MR) is 96.4 cm³/mol.